The fourth-order valence-corrected chi connectivity index (χ4v) is 5.10. The van der Waals surface area contributed by atoms with Crippen LogP contribution in [0.3, 0.4) is 0 Å². The fourth-order valence-electron chi connectivity index (χ4n) is 5.10. The number of amides is 1. The highest BCUT2D eigenvalue weighted by molar-refractivity contribution is 5.93. The van der Waals surface area contributed by atoms with Crippen molar-refractivity contribution < 1.29 is 14.4 Å². The Labute approximate surface area is 147 Å². The molecule has 0 unspecified atom stereocenters. The molecule has 1 aromatic rings. The van der Waals surface area contributed by atoms with Gasteiger partial charge in [-0.2, -0.15) is 0 Å². The maximum absolute atomic E-state index is 14.6. The summed E-state index contributed by atoms with van der Waals surface area (Å²) in [6.07, 6.45) is 9.24. The molecule has 1 aromatic carbocycles. The second kappa shape index (κ2) is 6.34. The zero-order valence-corrected chi connectivity index (χ0v) is 14.7. The molecule has 0 bridgehead atoms. The standard InChI is InChI=1S/C19H26FN3O2/c1-22-11-14-7-13(18(24)21-25)8-17(20)16(14)12-23(22)15-9-19(10-15)5-3-2-4-6-19/h7-8,15,25H,2-6,9-12H2,1H3,(H,21,24). The van der Waals surface area contributed by atoms with Crippen LogP contribution < -0.4 is 5.48 Å². The quantitative estimate of drug-likeness (QED) is 0.637. The highest BCUT2D eigenvalue weighted by Crippen LogP contribution is 2.54. The van der Waals surface area contributed by atoms with Crippen molar-refractivity contribution in [3.8, 4) is 0 Å². The van der Waals surface area contributed by atoms with Crippen LogP contribution in [-0.4, -0.2) is 34.2 Å². The highest BCUT2D eigenvalue weighted by Gasteiger charge is 2.48. The normalized spacial score (nSPS) is 24.0. The van der Waals surface area contributed by atoms with Crippen molar-refractivity contribution in [2.45, 2.75) is 64.1 Å². The summed E-state index contributed by atoms with van der Waals surface area (Å²) in [6, 6.07) is 3.40. The van der Waals surface area contributed by atoms with Crippen LogP contribution in [-0.2, 0) is 13.1 Å². The average molecular weight is 347 g/mol. The maximum atomic E-state index is 14.6. The van der Waals surface area contributed by atoms with Gasteiger partial charge in [-0.3, -0.25) is 10.0 Å². The first kappa shape index (κ1) is 16.9. The number of nitrogens with one attached hydrogen (secondary N) is 1. The van der Waals surface area contributed by atoms with Crippen molar-refractivity contribution in [1.82, 2.24) is 15.5 Å². The molecule has 5 nitrogen and oxygen atoms in total. The number of fused-ring (bicyclic) bond motifs is 1. The summed E-state index contributed by atoms with van der Waals surface area (Å²) in [5, 5.41) is 13.2. The fraction of sp³-hybridized carbons (Fsp3) is 0.632. The van der Waals surface area contributed by atoms with Crippen LogP contribution in [0.4, 0.5) is 4.39 Å². The van der Waals surface area contributed by atoms with Gasteiger partial charge in [0, 0.05) is 37.3 Å². The van der Waals surface area contributed by atoms with E-state index in [0.717, 1.165) is 5.56 Å². The molecule has 0 atom stereocenters. The topological polar surface area (TPSA) is 55.8 Å². The maximum Gasteiger partial charge on any atom is 0.274 e. The third-order valence-corrected chi connectivity index (χ3v) is 6.48. The van der Waals surface area contributed by atoms with E-state index in [4.69, 9.17) is 5.21 Å². The van der Waals surface area contributed by atoms with E-state index >= 15 is 0 Å². The molecule has 0 aromatic heterocycles. The smallest absolute Gasteiger partial charge is 0.274 e. The van der Waals surface area contributed by atoms with E-state index in [-0.39, 0.29) is 11.4 Å². The Morgan fingerprint density at radius 3 is 2.64 bits per heavy atom. The number of carbonyl (C=O) groups excluding carboxylic acids is 1. The molecule has 1 heterocycles. The average Bonchev–Trinajstić information content (AvgIpc) is 2.59. The summed E-state index contributed by atoms with van der Waals surface area (Å²) in [4.78, 5) is 11.6. The van der Waals surface area contributed by atoms with E-state index in [9.17, 15) is 9.18 Å². The van der Waals surface area contributed by atoms with Crippen LogP contribution in [0.1, 0.15) is 66.4 Å². The monoisotopic (exact) mass is 347 g/mol. The number of rotatable bonds is 2. The van der Waals surface area contributed by atoms with Crippen LogP contribution in [0, 0.1) is 11.2 Å². The second-order valence-electron chi connectivity index (χ2n) is 8.07. The molecule has 2 aliphatic carbocycles. The summed E-state index contributed by atoms with van der Waals surface area (Å²) >= 11 is 0. The Hall–Kier alpha value is -1.50. The Morgan fingerprint density at radius 2 is 1.96 bits per heavy atom. The van der Waals surface area contributed by atoms with Crippen molar-refractivity contribution in [2.24, 2.45) is 5.41 Å². The molecule has 1 amide bonds. The summed E-state index contributed by atoms with van der Waals surface area (Å²) in [5.74, 6) is -1.04. The number of hydroxylamine groups is 1. The number of hydrogen-bond donors (Lipinski definition) is 2. The van der Waals surface area contributed by atoms with Gasteiger partial charge in [-0.15, -0.1) is 0 Å². The van der Waals surface area contributed by atoms with Gasteiger partial charge < -0.3 is 0 Å². The van der Waals surface area contributed by atoms with Gasteiger partial charge in [0.2, 0.25) is 0 Å². The number of benzene rings is 1. The molecule has 1 spiro atoms. The van der Waals surface area contributed by atoms with Crippen molar-refractivity contribution in [3.63, 3.8) is 0 Å². The first-order valence-corrected chi connectivity index (χ1v) is 9.25. The van der Waals surface area contributed by atoms with Crippen molar-refractivity contribution >= 4 is 5.91 Å². The molecule has 25 heavy (non-hydrogen) atoms. The van der Waals surface area contributed by atoms with Crippen molar-refractivity contribution in [1.29, 1.82) is 0 Å². The van der Waals surface area contributed by atoms with Crippen molar-refractivity contribution in [2.75, 3.05) is 7.05 Å². The predicted molar refractivity (Wildman–Crippen MR) is 91.2 cm³/mol. The van der Waals surface area contributed by atoms with E-state index in [2.05, 4.69) is 10.0 Å². The molecule has 2 N–H and O–H groups in total. The van der Waals surface area contributed by atoms with Gasteiger partial charge in [-0.25, -0.2) is 19.9 Å². The van der Waals surface area contributed by atoms with Crippen LogP contribution in [0.2, 0.25) is 0 Å². The van der Waals surface area contributed by atoms with E-state index in [1.807, 2.05) is 7.05 Å². The number of halogens is 1. The minimum Gasteiger partial charge on any atom is -0.288 e. The molecule has 4 rings (SSSR count). The third kappa shape index (κ3) is 2.96. The number of carbonyl (C=O) groups is 1. The molecule has 2 saturated carbocycles. The Kier molecular flexibility index (Phi) is 4.30. The zero-order valence-electron chi connectivity index (χ0n) is 14.7. The number of hydrazine groups is 1. The minimum atomic E-state index is -0.676. The summed E-state index contributed by atoms with van der Waals surface area (Å²) in [5.41, 5.74) is 3.78. The summed E-state index contributed by atoms with van der Waals surface area (Å²) < 4.78 is 14.6. The first-order chi connectivity index (χ1) is 12.0. The predicted octanol–water partition coefficient (Wildman–Crippen LogP) is 3.22. The van der Waals surface area contributed by atoms with Crippen LogP contribution in [0.5, 0.6) is 0 Å². The molecular weight excluding hydrogens is 321 g/mol. The lowest BCUT2D eigenvalue weighted by Gasteiger charge is -2.56. The SMILES string of the molecule is CN1Cc2cc(C(=O)NO)cc(F)c2CN1C1CC2(CCCCC2)C1. The van der Waals surface area contributed by atoms with Gasteiger partial charge in [-0.05, 0) is 48.8 Å². The van der Waals surface area contributed by atoms with Gasteiger partial charge in [-0.1, -0.05) is 19.3 Å². The summed E-state index contributed by atoms with van der Waals surface area (Å²) in [7, 11) is 2.03. The lowest BCUT2D eigenvalue weighted by Crippen LogP contribution is -2.57. The lowest BCUT2D eigenvalue weighted by molar-refractivity contribution is -0.138. The van der Waals surface area contributed by atoms with Gasteiger partial charge in [0.1, 0.15) is 5.82 Å². The van der Waals surface area contributed by atoms with E-state index in [1.54, 1.807) is 11.5 Å². The van der Waals surface area contributed by atoms with Gasteiger partial charge in [0.15, 0.2) is 0 Å². The van der Waals surface area contributed by atoms with E-state index in [0.29, 0.717) is 30.1 Å². The summed E-state index contributed by atoms with van der Waals surface area (Å²) in [6.45, 7) is 1.14. The van der Waals surface area contributed by atoms with Crippen molar-refractivity contribution in [3.05, 3.63) is 34.6 Å². The minimum absolute atomic E-state index is 0.158. The zero-order chi connectivity index (χ0) is 17.6. The van der Waals surface area contributed by atoms with Gasteiger partial charge in [0.25, 0.3) is 5.91 Å². The van der Waals surface area contributed by atoms with Crippen LogP contribution >= 0.6 is 0 Å². The third-order valence-electron chi connectivity index (χ3n) is 6.48. The largest absolute Gasteiger partial charge is 0.288 e. The molecule has 6 heteroatoms. The lowest BCUT2D eigenvalue weighted by atomic mass is 9.58. The number of nitrogens with zero attached hydrogens (tertiary/aromatic N) is 2. The Balaban J connectivity index is 1.51. The molecule has 136 valence electrons. The van der Waals surface area contributed by atoms with Crippen LogP contribution in [0.15, 0.2) is 12.1 Å². The number of hydrogen-bond acceptors (Lipinski definition) is 4. The second-order valence-corrected chi connectivity index (χ2v) is 8.07. The molecular formula is C19H26FN3O2. The Bertz CT molecular complexity index is 679. The van der Waals surface area contributed by atoms with E-state index < -0.39 is 5.91 Å². The Morgan fingerprint density at radius 1 is 1.24 bits per heavy atom. The van der Waals surface area contributed by atoms with Gasteiger partial charge >= 0.3 is 0 Å². The first-order valence-electron chi connectivity index (χ1n) is 9.25. The molecule has 1 aliphatic heterocycles. The molecule has 2 fully saturated rings. The molecule has 0 saturated heterocycles. The van der Waals surface area contributed by atoms with E-state index in [1.165, 1.54) is 51.0 Å². The molecule has 3 aliphatic rings. The van der Waals surface area contributed by atoms with Crippen LogP contribution in [0.25, 0.3) is 0 Å². The highest BCUT2D eigenvalue weighted by atomic mass is 19.1. The van der Waals surface area contributed by atoms with Gasteiger partial charge in [0.05, 0.1) is 0 Å². The molecule has 0 radical (unpaired) electrons.